The number of aromatic nitrogens is 1. The standard InChI is InChI=1S/C17H22N2O3/c1-3-22-16-9-14(16)17(20)18-7-6-11-10-19-15-5-4-12(21-2)8-13(11)15/h4-5,8,10,14,16,19H,3,6-7,9H2,1-2H3,(H,18,20)/t14-,16-/m0/s1. The second-order valence-electron chi connectivity index (χ2n) is 5.60. The molecule has 0 radical (unpaired) electrons. The number of methoxy groups -OCH3 is 1. The van der Waals surface area contributed by atoms with Gasteiger partial charge in [-0.1, -0.05) is 0 Å². The highest BCUT2D eigenvalue weighted by Gasteiger charge is 2.43. The number of rotatable bonds is 7. The van der Waals surface area contributed by atoms with Crippen molar-refractivity contribution in [1.82, 2.24) is 10.3 Å². The molecule has 5 nitrogen and oxygen atoms in total. The van der Waals surface area contributed by atoms with Gasteiger partial charge in [0.05, 0.1) is 19.1 Å². The third-order valence-corrected chi connectivity index (χ3v) is 4.12. The van der Waals surface area contributed by atoms with E-state index in [0.717, 1.165) is 29.5 Å². The number of carbonyl (C=O) groups is 1. The average molecular weight is 302 g/mol. The van der Waals surface area contributed by atoms with Crippen molar-refractivity contribution >= 4 is 16.8 Å². The number of fused-ring (bicyclic) bond motifs is 1. The minimum Gasteiger partial charge on any atom is -0.497 e. The van der Waals surface area contributed by atoms with Crippen LogP contribution in [0.1, 0.15) is 18.9 Å². The number of ether oxygens (including phenoxy) is 2. The highest BCUT2D eigenvalue weighted by molar-refractivity contribution is 5.85. The molecule has 0 bridgehead atoms. The first-order chi connectivity index (χ1) is 10.7. The van der Waals surface area contributed by atoms with E-state index in [1.165, 1.54) is 5.56 Å². The number of nitrogens with one attached hydrogen (secondary N) is 2. The van der Waals surface area contributed by atoms with Gasteiger partial charge in [-0.15, -0.1) is 0 Å². The lowest BCUT2D eigenvalue weighted by Gasteiger charge is -2.05. The van der Waals surface area contributed by atoms with Gasteiger partial charge < -0.3 is 19.8 Å². The Morgan fingerprint density at radius 1 is 1.45 bits per heavy atom. The van der Waals surface area contributed by atoms with Crippen LogP contribution >= 0.6 is 0 Å². The zero-order chi connectivity index (χ0) is 15.5. The van der Waals surface area contributed by atoms with Gasteiger partial charge in [-0.3, -0.25) is 4.79 Å². The number of hydrogen-bond acceptors (Lipinski definition) is 3. The van der Waals surface area contributed by atoms with Crippen molar-refractivity contribution in [3.63, 3.8) is 0 Å². The molecule has 0 spiro atoms. The van der Waals surface area contributed by atoms with Gasteiger partial charge in [0, 0.05) is 30.3 Å². The summed E-state index contributed by atoms with van der Waals surface area (Å²) in [6.07, 6.45) is 3.77. The Hall–Kier alpha value is -2.01. The Labute approximate surface area is 130 Å². The van der Waals surface area contributed by atoms with Crippen LogP contribution in [-0.4, -0.2) is 37.3 Å². The zero-order valence-electron chi connectivity index (χ0n) is 13.0. The summed E-state index contributed by atoms with van der Waals surface area (Å²) < 4.78 is 10.7. The van der Waals surface area contributed by atoms with Crippen LogP contribution in [0, 0.1) is 5.92 Å². The minimum absolute atomic E-state index is 0.0445. The van der Waals surface area contributed by atoms with Gasteiger partial charge >= 0.3 is 0 Å². The molecule has 2 aromatic rings. The van der Waals surface area contributed by atoms with E-state index in [0.29, 0.717) is 13.2 Å². The molecule has 5 heteroatoms. The van der Waals surface area contributed by atoms with Crippen LogP contribution < -0.4 is 10.1 Å². The van der Waals surface area contributed by atoms with Crippen LogP contribution in [0.15, 0.2) is 24.4 Å². The first kappa shape index (κ1) is 14.9. The third-order valence-electron chi connectivity index (χ3n) is 4.12. The van der Waals surface area contributed by atoms with Crippen LogP contribution in [0.5, 0.6) is 5.75 Å². The van der Waals surface area contributed by atoms with E-state index in [9.17, 15) is 4.79 Å². The summed E-state index contributed by atoms with van der Waals surface area (Å²) in [5.74, 6) is 0.994. The van der Waals surface area contributed by atoms with Crippen molar-refractivity contribution in [1.29, 1.82) is 0 Å². The van der Waals surface area contributed by atoms with Crippen molar-refractivity contribution in [2.24, 2.45) is 5.92 Å². The van der Waals surface area contributed by atoms with E-state index in [1.807, 2.05) is 31.3 Å². The van der Waals surface area contributed by atoms with E-state index in [1.54, 1.807) is 7.11 Å². The summed E-state index contributed by atoms with van der Waals surface area (Å²) in [6, 6.07) is 5.97. The molecule has 1 fully saturated rings. The largest absolute Gasteiger partial charge is 0.497 e. The molecule has 118 valence electrons. The molecule has 2 atom stereocenters. The topological polar surface area (TPSA) is 63.3 Å². The fourth-order valence-electron chi connectivity index (χ4n) is 2.79. The molecular weight excluding hydrogens is 280 g/mol. The molecule has 1 aliphatic carbocycles. The first-order valence-electron chi connectivity index (χ1n) is 7.76. The van der Waals surface area contributed by atoms with Crippen molar-refractivity contribution < 1.29 is 14.3 Å². The van der Waals surface area contributed by atoms with E-state index in [-0.39, 0.29) is 17.9 Å². The third kappa shape index (κ3) is 3.09. The maximum atomic E-state index is 12.0. The predicted octanol–water partition coefficient (Wildman–Crippen LogP) is 2.26. The van der Waals surface area contributed by atoms with Crippen LogP contribution in [0.3, 0.4) is 0 Å². The van der Waals surface area contributed by atoms with Gasteiger partial charge in [-0.2, -0.15) is 0 Å². The molecule has 2 N–H and O–H groups in total. The SMILES string of the molecule is CCO[C@H]1C[C@@H]1C(=O)NCCc1c[nH]c2ccc(OC)cc12. The molecule has 1 heterocycles. The van der Waals surface area contributed by atoms with Gasteiger partial charge in [-0.05, 0) is 43.5 Å². The van der Waals surface area contributed by atoms with Crippen molar-refractivity contribution in [3.05, 3.63) is 30.0 Å². The van der Waals surface area contributed by atoms with Crippen LogP contribution in [0.25, 0.3) is 10.9 Å². The van der Waals surface area contributed by atoms with Gasteiger partial charge in [0.2, 0.25) is 5.91 Å². The molecule has 0 unspecified atom stereocenters. The number of benzene rings is 1. The fourth-order valence-corrected chi connectivity index (χ4v) is 2.79. The maximum absolute atomic E-state index is 12.0. The lowest BCUT2D eigenvalue weighted by atomic mass is 10.1. The minimum atomic E-state index is 0.0445. The summed E-state index contributed by atoms with van der Waals surface area (Å²) in [5.41, 5.74) is 2.27. The molecule has 1 saturated carbocycles. The Balaban J connectivity index is 1.55. The Kier molecular flexibility index (Phi) is 4.34. The molecule has 0 aliphatic heterocycles. The molecule has 22 heavy (non-hydrogen) atoms. The molecule has 0 saturated heterocycles. The first-order valence-corrected chi connectivity index (χ1v) is 7.76. The van der Waals surface area contributed by atoms with Gasteiger partial charge in [0.1, 0.15) is 5.75 Å². The summed E-state index contributed by atoms with van der Waals surface area (Å²) >= 11 is 0. The summed E-state index contributed by atoms with van der Waals surface area (Å²) in [4.78, 5) is 15.2. The molecule has 1 aromatic carbocycles. The second kappa shape index (κ2) is 6.40. The van der Waals surface area contributed by atoms with Crippen molar-refractivity contribution in [2.75, 3.05) is 20.3 Å². The maximum Gasteiger partial charge on any atom is 0.225 e. The van der Waals surface area contributed by atoms with Crippen LogP contribution in [0.2, 0.25) is 0 Å². The number of hydrogen-bond donors (Lipinski definition) is 2. The van der Waals surface area contributed by atoms with E-state index < -0.39 is 0 Å². The Morgan fingerprint density at radius 3 is 3.09 bits per heavy atom. The number of aromatic amines is 1. The second-order valence-corrected chi connectivity index (χ2v) is 5.60. The zero-order valence-corrected chi connectivity index (χ0v) is 13.0. The summed E-state index contributed by atoms with van der Waals surface area (Å²) in [5, 5.41) is 4.15. The van der Waals surface area contributed by atoms with Gasteiger partial charge in [0.25, 0.3) is 0 Å². The van der Waals surface area contributed by atoms with Crippen LogP contribution in [0.4, 0.5) is 0 Å². The normalized spacial score (nSPS) is 20.1. The van der Waals surface area contributed by atoms with Crippen molar-refractivity contribution in [3.8, 4) is 5.75 Å². The lowest BCUT2D eigenvalue weighted by molar-refractivity contribution is -0.123. The number of amides is 1. The van der Waals surface area contributed by atoms with Gasteiger partial charge in [-0.25, -0.2) is 0 Å². The molecule has 1 amide bonds. The number of carbonyl (C=O) groups excluding carboxylic acids is 1. The monoisotopic (exact) mass is 302 g/mol. The quantitative estimate of drug-likeness (QED) is 0.824. The molecule has 1 aromatic heterocycles. The van der Waals surface area contributed by atoms with Crippen molar-refractivity contribution in [2.45, 2.75) is 25.9 Å². The smallest absolute Gasteiger partial charge is 0.225 e. The Morgan fingerprint density at radius 2 is 2.32 bits per heavy atom. The summed E-state index contributed by atoms with van der Waals surface area (Å²) in [7, 11) is 1.66. The molecule has 1 aliphatic rings. The van der Waals surface area contributed by atoms with E-state index >= 15 is 0 Å². The predicted molar refractivity (Wildman–Crippen MR) is 85.1 cm³/mol. The lowest BCUT2D eigenvalue weighted by Crippen LogP contribution is -2.28. The highest BCUT2D eigenvalue weighted by Crippen LogP contribution is 2.33. The fraction of sp³-hybridized carbons (Fsp3) is 0.471. The van der Waals surface area contributed by atoms with E-state index in [2.05, 4.69) is 10.3 Å². The highest BCUT2D eigenvalue weighted by atomic mass is 16.5. The Bertz CT molecular complexity index is 665. The van der Waals surface area contributed by atoms with Gasteiger partial charge in [0.15, 0.2) is 0 Å². The molecular formula is C17H22N2O3. The number of H-pyrrole nitrogens is 1. The molecule has 3 rings (SSSR count). The van der Waals surface area contributed by atoms with E-state index in [4.69, 9.17) is 9.47 Å². The van der Waals surface area contributed by atoms with Crippen LogP contribution in [-0.2, 0) is 16.0 Å². The average Bonchev–Trinajstić information content (AvgIpc) is 3.19. The summed E-state index contributed by atoms with van der Waals surface area (Å²) in [6.45, 7) is 3.27.